The van der Waals surface area contributed by atoms with Crippen molar-refractivity contribution in [3.63, 3.8) is 0 Å². The van der Waals surface area contributed by atoms with E-state index in [0.717, 1.165) is 32.8 Å². The van der Waals surface area contributed by atoms with Crippen molar-refractivity contribution in [2.45, 2.75) is 6.04 Å². The van der Waals surface area contributed by atoms with E-state index in [4.69, 9.17) is 10.5 Å². The maximum atomic E-state index is 5.93. The van der Waals surface area contributed by atoms with Gasteiger partial charge in [0.2, 0.25) is 5.95 Å². The summed E-state index contributed by atoms with van der Waals surface area (Å²) in [6, 6.07) is 14.1. The number of aromatic nitrogens is 4. The number of benzene rings is 1. The van der Waals surface area contributed by atoms with E-state index < -0.39 is 0 Å². The highest BCUT2D eigenvalue weighted by Gasteiger charge is 2.19. The van der Waals surface area contributed by atoms with Gasteiger partial charge in [-0.2, -0.15) is 15.1 Å². The molecule has 8 heteroatoms. The molecule has 4 rings (SSSR count). The van der Waals surface area contributed by atoms with Crippen molar-refractivity contribution in [2.24, 2.45) is 0 Å². The van der Waals surface area contributed by atoms with Gasteiger partial charge in [-0.1, -0.05) is 30.3 Å². The van der Waals surface area contributed by atoms with E-state index in [0.29, 0.717) is 11.6 Å². The second-order valence-corrected chi connectivity index (χ2v) is 6.44. The molecule has 27 heavy (non-hydrogen) atoms. The highest BCUT2D eigenvalue weighted by molar-refractivity contribution is 5.47. The number of nitrogen functional groups attached to an aromatic ring is 1. The number of ether oxygens (including phenoxy) is 1. The van der Waals surface area contributed by atoms with Gasteiger partial charge < -0.3 is 15.8 Å². The first-order chi connectivity index (χ1) is 13.3. The van der Waals surface area contributed by atoms with E-state index in [1.165, 1.54) is 5.56 Å². The quantitative estimate of drug-likeness (QED) is 0.687. The number of hydrogen-bond acceptors (Lipinski definition) is 7. The van der Waals surface area contributed by atoms with E-state index in [2.05, 4.69) is 37.4 Å². The zero-order valence-corrected chi connectivity index (χ0v) is 15.0. The van der Waals surface area contributed by atoms with Crippen LogP contribution in [0.2, 0.25) is 0 Å². The van der Waals surface area contributed by atoms with Gasteiger partial charge in [-0.25, -0.2) is 4.68 Å². The zero-order valence-electron chi connectivity index (χ0n) is 15.0. The average Bonchev–Trinajstić information content (AvgIpc) is 3.24. The van der Waals surface area contributed by atoms with Crippen LogP contribution in [0.25, 0.3) is 5.82 Å². The molecule has 1 saturated heterocycles. The predicted octanol–water partition coefficient (Wildman–Crippen LogP) is 1.73. The van der Waals surface area contributed by atoms with Crippen LogP contribution in [0.3, 0.4) is 0 Å². The molecule has 0 saturated carbocycles. The number of rotatable bonds is 6. The monoisotopic (exact) mass is 365 g/mol. The summed E-state index contributed by atoms with van der Waals surface area (Å²) < 4.78 is 7.14. The van der Waals surface area contributed by atoms with Crippen molar-refractivity contribution in [1.29, 1.82) is 0 Å². The maximum Gasteiger partial charge on any atom is 0.224 e. The number of nitrogens with one attached hydrogen (secondary N) is 1. The largest absolute Gasteiger partial charge is 0.379 e. The summed E-state index contributed by atoms with van der Waals surface area (Å²) in [5, 5.41) is 7.75. The fourth-order valence-electron chi connectivity index (χ4n) is 3.19. The van der Waals surface area contributed by atoms with Crippen LogP contribution in [0.4, 0.5) is 11.8 Å². The number of morpholine rings is 1. The molecule has 8 nitrogen and oxygen atoms in total. The SMILES string of the molecule is Nc1nc(NC(CN2CCOCC2)c2ccccc2)cc(-n2cccn2)n1. The Labute approximate surface area is 158 Å². The van der Waals surface area contributed by atoms with Gasteiger partial charge in [0.15, 0.2) is 5.82 Å². The van der Waals surface area contributed by atoms with Crippen molar-refractivity contribution in [1.82, 2.24) is 24.6 Å². The third-order valence-corrected chi connectivity index (χ3v) is 4.54. The Morgan fingerprint density at radius 2 is 1.93 bits per heavy atom. The topological polar surface area (TPSA) is 94.1 Å². The minimum Gasteiger partial charge on any atom is -0.379 e. The van der Waals surface area contributed by atoms with E-state index in [1.807, 2.05) is 36.5 Å². The van der Waals surface area contributed by atoms with Crippen LogP contribution in [0.5, 0.6) is 0 Å². The molecule has 140 valence electrons. The van der Waals surface area contributed by atoms with Gasteiger partial charge in [-0.3, -0.25) is 4.90 Å². The summed E-state index contributed by atoms with van der Waals surface area (Å²) in [7, 11) is 0. The lowest BCUT2D eigenvalue weighted by Gasteiger charge is -2.31. The smallest absolute Gasteiger partial charge is 0.224 e. The first kappa shape index (κ1) is 17.4. The van der Waals surface area contributed by atoms with Crippen LogP contribution in [-0.2, 0) is 4.74 Å². The summed E-state index contributed by atoms with van der Waals surface area (Å²) in [6.45, 7) is 4.25. The molecule has 0 amide bonds. The van der Waals surface area contributed by atoms with Crippen LogP contribution in [0, 0.1) is 0 Å². The lowest BCUT2D eigenvalue weighted by atomic mass is 10.1. The van der Waals surface area contributed by atoms with Crippen LogP contribution >= 0.6 is 0 Å². The first-order valence-electron chi connectivity index (χ1n) is 9.04. The second-order valence-electron chi connectivity index (χ2n) is 6.44. The molecule has 0 aliphatic carbocycles. The molecular formula is C19H23N7O. The van der Waals surface area contributed by atoms with Gasteiger partial charge in [0, 0.05) is 38.1 Å². The molecule has 1 fully saturated rings. The van der Waals surface area contributed by atoms with Gasteiger partial charge in [0.05, 0.1) is 19.3 Å². The first-order valence-corrected chi connectivity index (χ1v) is 9.04. The molecular weight excluding hydrogens is 342 g/mol. The third kappa shape index (κ3) is 4.42. The van der Waals surface area contributed by atoms with Gasteiger partial charge in [-0.15, -0.1) is 0 Å². The van der Waals surface area contributed by atoms with E-state index in [1.54, 1.807) is 10.9 Å². The van der Waals surface area contributed by atoms with Crippen molar-refractivity contribution in [3.8, 4) is 5.82 Å². The number of nitrogens with two attached hydrogens (primary N) is 1. The highest BCUT2D eigenvalue weighted by atomic mass is 16.5. The molecule has 3 N–H and O–H groups in total. The molecule has 1 atom stereocenters. The molecule has 1 aromatic carbocycles. The standard InChI is InChI=1S/C19H23N7O/c20-19-23-17(13-18(24-19)26-8-4-7-21-26)22-16(15-5-2-1-3-6-15)14-25-9-11-27-12-10-25/h1-8,13,16H,9-12,14H2,(H3,20,22,23,24). The average molecular weight is 365 g/mol. The van der Waals surface area contributed by atoms with E-state index in [9.17, 15) is 0 Å². The van der Waals surface area contributed by atoms with Gasteiger partial charge in [0.25, 0.3) is 0 Å². The zero-order chi connectivity index (χ0) is 18.5. The summed E-state index contributed by atoms with van der Waals surface area (Å²) in [5.74, 6) is 1.52. The molecule has 1 aliphatic rings. The fourth-order valence-corrected chi connectivity index (χ4v) is 3.19. The number of nitrogens with zero attached hydrogens (tertiary/aromatic N) is 5. The van der Waals surface area contributed by atoms with Gasteiger partial charge >= 0.3 is 0 Å². The summed E-state index contributed by atoms with van der Waals surface area (Å²) in [5.41, 5.74) is 7.13. The lowest BCUT2D eigenvalue weighted by molar-refractivity contribution is 0.0360. The minimum absolute atomic E-state index is 0.0732. The van der Waals surface area contributed by atoms with E-state index >= 15 is 0 Å². The third-order valence-electron chi connectivity index (χ3n) is 4.54. The summed E-state index contributed by atoms with van der Waals surface area (Å²) in [4.78, 5) is 11.0. The lowest BCUT2D eigenvalue weighted by Crippen LogP contribution is -2.40. The molecule has 0 radical (unpaired) electrons. The van der Waals surface area contributed by atoms with Crippen molar-refractivity contribution < 1.29 is 4.74 Å². The van der Waals surface area contributed by atoms with Gasteiger partial charge in [-0.05, 0) is 11.6 Å². The predicted molar refractivity (Wildman–Crippen MR) is 104 cm³/mol. The Balaban J connectivity index is 1.59. The number of hydrogen-bond donors (Lipinski definition) is 2. The van der Waals surface area contributed by atoms with Crippen molar-refractivity contribution in [3.05, 3.63) is 60.4 Å². The summed E-state index contributed by atoms with van der Waals surface area (Å²) in [6.07, 6.45) is 3.53. The molecule has 3 aromatic rings. The second kappa shape index (κ2) is 8.15. The molecule has 1 aliphatic heterocycles. The number of anilines is 2. The molecule has 0 spiro atoms. The molecule has 1 unspecified atom stereocenters. The Morgan fingerprint density at radius 1 is 1.11 bits per heavy atom. The Bertz CT molecular complexity index is 848. The Hall–Kier alpha value is -2.97. The maximum absolute atomic E-state index is 5.93. The van der Waals surface area contributed by atoms with Crippen LogP contribution in [0.1, 0.15) is 11.6 Å². The minimum atomic E-state index is 0.0732. The Kier molecular flexibility index (Phi) is 5.27. The van der Waals surface area contributed by atoms with E-state index in [-0.39, 0.29) is 12.0 Å². The molecule has 3 heterocycles. The normalized spacial score (nSPS) is 16.1. The fraction of sp³-hybridized carbons (Fsp3) is 0.316. The molecule has 2 aromatic heterocycles. The van der Waals surface area contributed by atoms with Gasteiger partial charge in [0.1, 0.15) is 5.82 Å². The van der Waals surface area contributed by atoms with Crippen LogP contribution in [-0.4, -0.2) is 57.5 Å². The van der Waals surface area contributed by atoms with Crippen LogP contribution in [0.15, 0.2) is 54.9 Å². The Morgan fingerprint density at radius 3 is 2.67 bits per heavy atom. The van der Waals surface area contributed by atoms with Crippen LogP contribution < -0.4 is 11.1 Å². The highest BCUT2D eigenvalue weighted by Crippen LogP contribution is 2.22. The summed E-state index contributed by atoms with van der Waals surface area (Å²) >= 11 is 0. The van der Waals surface area contributed by atoms with Crippen molar-refractivity contribution >= 4 is 11.8 Å². The van der Waals surface area contributed by atoms with Crippen molar-refractivity contribution in [2.75, 3.05) is 43.9 Å². The molecule has 0 bridgehead atoms.